The lowest BCUT2D eigenvalue weighted by molar-refractivity contribution is -0.116. The molecule has 0 aliphatic heterocycles. The number of carbonyl (C=O) groups excluding carboxylic acids is 1. The minimum absolute atomic E-state index is 0.105. The maximum atomic E-state index is 11.9. The smallest absolute Gasteiger partial charge is 0.354 e. The highest BCUT2D eigenvalue weighted by molar-refractivity contribution is 5.92. The van der Waals surface area contributed by atoms with Gasteiger partial charge in [-0.25, -0.2) is 9.78 Å². The summed E-state index contributed by atoms with van der Waals surface area (Å²) in [7, 11) is 0. The van der Waals surface area contributed by atoms with E-state index >= 15 is 0 Å². The molecule has 0 spiro atoms. The predicted molar refractivity (Wildman–Crippen MR) is 76.1 cm³/mol. The van der Waals surface area contributed by atoms with Crippen molar-refractivity contribution in [2.24, 2.45) is 0 Å². The van der Waals surface area contributed by atoms with Crippen LogP contribution in [-0.2, 0) is 11.3 Å². The van der Waals surface area contributed by atoms with Gasteiger partial charge in [-0.15, -0.1) is 0 Å². The molecule has 7 heteroatoms. The topological polar surface area (TPSA) is 97.1 Å². The molecule has 110 valence electrons. The summed E-state index contributed by atoms with van der Waals surface area (Å²) in [6.07, 6.45) is 1.60. The Labute approximate surface area is 121 Å². The zero-order valence-electron chi connectivity index (χ0n) is 11.8. The van der Waals surface area contributed by atoms with E-state index in [1.807, 2.05) is 19.9 Å². The van der Waals surface area contributed by atoms with E-state index in [1.165, 1.54) is 12.3 Å². The van der Waals surface area contributed by atoms with Gasteiger partial charge < -0.3 is 10.4 Å². The number of amides is 1. The van der Waals surface area contributed by atoms with Crippen molar-refractivity contribution in [2.75, 3.05) is 5.32 Å². The van der Waals surface area contributed by atoms with E-state index in [9.17, 15) is 9.59 Å². The molecule has 0 fully saturated rings. The van der Waals surface area contributed by atoms with Crippen LogP contribution < -0.4 is 5.32 Å². The van der Waals surface area contributed by atoms with Crippen LogP contribution in [0.2, 0.25) is 0 Å². The molecule has 2 aromatic heterocycles. The fraction of sp³-hybridized carbons (Fsp3) is 0.286. The molecule has 0 atom stereocenters. The molecule has 2 rings (SSSR count). The van der Waals surface area contributed by atoms with Crippen LogP contribution in [0.3, 0.4) is 0 Å². The van der Waals surface area contributed by atoms with Crippen LogP contribution in [0.1, 0.15) is 28.3 Å². The third-order valence-corrected chi connectivity index (χ3v) is 2.92. The first-order valence-corrected chi connectivity index (χ1v) is 6.46. The summed E-state index contributed by atoms with van der Waals surface area (Å²) in [5.74, 6) is -1.33. The fourth-order valence-corrected chi connectivity index (χ4v) is 1.96. The number of aromatic carboxylic acids is 1. The van der Waals surface area contributed by atoms with E-state index in [0.717, 1.165) is 11.4 Å². The van der Waals surface area contributed by atoms with Crippen LogP contribution >= 0.6 is 0 Å². The van der Waals surface area contributed by atoms with Crippen molar-refractivity contribution in [1.82, 2.24) is 14.8 Å². The second kappa shape index (κ2) is 6.17. The summed E-state index contributed by atoms with van der Waals surface area (Å²) in [6, 6.07) is 4.82. The van der Waals surface area contributed by atoms with Gasteiger partial charge >= 0.3 is 5.97 Å². The van der Waals surface area contributed by atoms with Crippen LogP contribution in [0.4, 0.5) is 5.69 Å². The van der Waals surface area contributed by atoms with Gasteiger partial charge in [0, 0.05) is 30.5 Å². The summed E-state index contributed by atoms with van der Waals surface area (Å²) < 4.78 is 1.77. The number of nitrogens with zero attached hydrogens (tertiary/aromatic N) is 3. The number of anilines is 1. The van der Waals surface area contributed by atoms with Crippen molar-refractivity contribution in [1.29, 1.82) is 0 Å². The molecule has 7 nitrogen and oxygen atoms in total. The fourth-order valence-electron chi connectivity index (χ4n) is 1.96. The molecule has 0 unspecified atom stereocenters. The number of hydrogen-bond acceptors (Lipinski definition) is 4. The lowest BCUT2D eigenvalue weighted by atomic mass is 10.3. The predicted octanol–water partition coefficient (Wildman–Crippen LogP) is 1.62. The number of rotatable bonds is 5. The normalized spacial score (nSPS) is 10.4. The Morgan fingerprint density at radius 1 is 1.33 bits per heavy atom. The largest absolute Gasteiger partial charge is 0.477 e. The highest BCUT2D eigenvalue weighted by Crippen LogP contribution is 2.09. The molecule has 0 aliphatic rings. The van der Waals surface area contributed by atoms with Crippen molar-refractivity contribution in [3.63, 3.8) is 0 Å². The molecule has 2 heterocycles. The molecule has 2 N–H and O–H groups in total. The number of aromatic nitrogens is 3. The van der Waals surface area contributed by atoms with E-state index in [4.69, 9.17) is 5.11 Å². The van der Waals surface area contributed by atoms with Gasteiger partial charge in [0.1, 0.15) is 5.69 Å². The van der Waals surface area contributed by atoms with Crippen molar-refractivity contribution >= 4 is 17.6 Å². The summed E-state index contributed by atoms with van der Waals surface area (Å²) in [5, 5.41) is 15.8. The van der Waals surface area contributed by atoms with Crippen LogP contribution in [-0.4, -0.2) is 31.7 Å². The average molecular weight is 288 g/mol. The molecule has 1 amide bonds. The Bertz CT molecular complexity index is 679. The Morgan fingerprint density at radius 3 is 2.71 bits per heavy atom. The molecule has 0 aliphatic carbocycles. The van der Waals surface area contributed by atoms with Gasteiger partial charge in [0.15, 0.2) is 0 Å². The summed E-state index contributed by atoms with van der Waals surface area (Å²) in [4.78, 5) is 26.4. The minimum atomic E-state index is -1.13. The molecule has 21 heavy (non-hydrogen) atoms. The van der Waals surface area contributed by atoms with E-state index in [-0.39, 0.29) is 18.0 Å². The molecule has 0 saturated carbocycles. The third kappa shape index (κ3) is 3.88. The van der Waals surface area contributed by atoms with E-state index < -0.39 is 5.97 Å². The maximum absolute atomic E-state index is 11.9. The van der Waals surface area contributed by atoms with Crippen molar-refractivity contribution in [2.45, 2.75) is 26.8 Å². The average Bonchev–Trinajstić information content (AvgIpc) is 2.75. The first-order valence-electron chi connectivity index (χ1n) is 6.46. The quantitative estimate of drug-likeness (QED) is 0.871. The van der Waals surface area contributed by atoms with Gasteiger partial charge in [0.05, 0.1) is 5.69 Å². The second-order valence-electron chi connectivity index (χ2n) is 4.68. The van der Waals surface area contributed by atoms with Gasteiger partial charge in [0.25, 0.3) is 0 Å². The summed E-state index contributed by atoms with van der Waals surface area (Å²) in [5.41, 5.74) is 2.22. The molecule has 0 saturated heterocycles. The van der Waals surface area contributed by atoms with E-state index in [0.29, 0.717) is 12.2 Å². The monoisotopic (exact) mass is 288 g/mol. The standard InChI is InChI=1S/C14H16N4O3/c1-9-7-10(2)18(17-9)6-4-13(19)16-11-3-5-15-12(8-11)14(20)21/h3,5,7-8H,4,6H2,1-2H3,(H,20,21)(H,15,16,19). The maximum Gasteiger partial charge on any atom is 0.354 e. The lowest BCUT2D eigenvalue weighted by Gasteiger charge is -2.07. The molecular formula is C14H16N4O3. The second-order valence-corrected chi connectivity index (χ2v) is 4.68. The Balaban J connectivity index is 1.94. The Morgan fingerprint density at radius 2 is 2.10 bits per heavy atom. The lowest BCUT2D eigenvalue weighted by Crippen LogP contribution is -2.16. The van der Waals surface area contributed by atoms with Gasteiger partial charge in [-0.05, 0) is 32.0 Å². The molecular weight excluding hydrogens is 272 g/mol. The number of nitrogens with one attached hydrogen (secondary N) is 1. The van der Waals surface area contributed by atoms with Crippen LogP contribution in [0.15, 0.2) is 24.4 Å². The zero-order valence-corrected chi connectivity index (χ0v) is 11.8. The van der Waals surface area contributed by atoms with Crippen LogP contribution in [0.5, 0.6) is 0 Å². The zero-order chi connectivity index (χ0) is 15.4. The molecule has 0 bridgehead atoms. The highest BCUT2D eigenvalue weighted by atomic mass is 16.4. The van der Waals surface area contributed by atoms with Gasteiger partial charge in [-0.2, -0.15) is 5.10 Å². The Kier molecular flexibility index (Phi) is 4.32. The number of carboxylic acid groups (broad SMARTS) is 1. The SMILES string of the molecule is Cc1cc(C)n(CCC(=O)Nc2ccnc(C(=O)O)c2)n1. The Hall–Kier alpha value is -2.70. The van der Waals surface area contributed by atoms with E-state index in [1.54, 1.807) is 10.7 Å². The van der Waals surface area contributed by atoms with Gasteiger partial charge in [-0.1, -0.05) is 0 Å². The first-order chi connectivity index (χ1) is 9.95. The summed E-state index contributed by atoms with van der Waals surface area (Å²) >= 11 is 0. The number of carbonyl (C=O) groups is 2. The van der Waals surface area contributed by atoms with Crippen LogP contribution in [0, 0.1) is 13.8 Å². The number of pyridine rings is 1. The summed E-state index contributed by atoms with van der Waals surface area (Å²) in [6.45, 7) is 4.30. The number of aryl methyl sites for hydroxylation is 3. The number of hydrogen-bond donors (Lipinski definition) is 2. The van der Waals surface area contributed by atoms with E-state index in [2.05, 4.69) is 15.4 Å². The van der Waals surface area contributed by atoms with Crippen molar-refractivity contribution in [3.05, 3.63) is 41.5 Å². The van der Waals surface area contributed by atoms with Gasteiger partial charge in [-0.3, -0.25) is 9.48 Å². The minimum Gasteiger partial charge on any atom is -0.477 e. The van der Waals surface area contributed by atoms with Crippen LogP contribution in [0.25, 0.3) is 0 Å². The first kappa shape index (κ1) is 14.7. The molecule has 2 aromatic rings. The van der Waals surface area contributed by atoms with Crippen molar-refractivity contribution in [3.8, 4) is 0 Å². The van der Waals surface area contributed by atoms with Crippen molar-refractivity contribution < 1.29 is 14.7 Å². The molecule has 0 radical (unpaired) electrons. The third-order valence-electron chi connectivity index (χ3n) is 2.92. The highest BCUT2D eigenvalue weighted by Gasteiger charge is 2.08. The van der Waals surface area contributed by atoms with Gasteiger partial charge in [0.2, 0.25) is 5.91 Å². The molecule has 0 aromatic carbocycles. The number of carboxylic acids is 1.